The third-order valence-electron chi connectivity index (χ3n) is 3.12. The van der Waals surface area contributed by atoms with Crippen LogP contribution in [0, 0.1) is 6.92 Å². The van der Waals surface area contributed by atoms with Gasteiger partial charge in [0, 0.05) is 16.3 Å². The van der Waals surface area contributed by atoms with Crippen LogP contribution in [0.3, 0.4) is 0 Å². The number of halogens is 2. The fourth-order valence-corrected chi connectivity index (χ4v) is 2.50. The molecule has 0 fully saturated rings. The minimum absolute atomic E-state index is 0.262. The highest BCUT2D eigenvalue weighted by atomic mass is 35.5. The van der Waals surface area contributed by atoms with Crippen molar-refractivity contribution in [3.63, 3.8) is 0 Å². The molecule has 0 atom stereocenters. The number of H-pyrrole nitrogens is 1. The Hall–Kier alpha value is -2.57. The first-order valence-corrected chi connectivity index (χ1v) is 7.69. The van der Waals surface area contributed by atoms with Crippen molar-refractivity contribution in [3.8, 4) is 11.3 Å². The lowest BCUT2D eigenvalue weighted by molar-refractivity contribution is 0.0950. The molecule has 0 radical (unpaired) electrons. The van der Waals surface area contributed by atoms with Crippen molar-refractivity contribution in [2.45, 2.75) is 6.92 Å². The summed E-state index contributed by atoms with van der Waals surface area (Å²) < 4.78 is 5.63. The predicted octanol–water partition coefficient (Wildman–Crippen LogP) is 4.05. The summed E-state index contributed by atoms with van der Waals surface area (Å²) in [5, 5.41) is 11.4. The van der Waals surface area contributed by atoms with Gasteiger partial charge in [-0.25, -0.2) is 5.43 Å². The van der Waals surface area contributed by atoms with E-state index in [-0.39, 0.29) is 5.69 Å². The number of carbonyl (C=O) groups excluding carboxylic acids is 1. The first kappa shape index (κ1) is 16.3. The molecule has 0 unspecified atom stereocenters. The van der Waals surface area contributed by atoms with E-state index in [1.54, 1.807) is 43.3 Å². The fourth-order valence-electron chi connectivity index (χ4n) is 2.00. The highest BCUT2D eigenvalue weighted by Crippen LogP contribution is 2.31. The number of hydrogen-bond donors (Lipinski definition) is 2. The van der Waals surface area contributed by atoms with Crippen LogP contribution in [0.15, 0.2) is 45.9 Å². The molecule has 6 nitrogen and oxygen atoms in total. The van der Waals surface area contributed by atoms with E-state index in [9.17, 15) is 4.79 Å². The van der Waals surface area contributed by atoms with Crippen molar-refractivity contribution in [3.05, 3.63) is 63.6 Å². The number of rotatable bonds is 4. The van der Waals surface area contributed by atoms with Gasteiger partial charge in [0.1, 0.15) is 11.5 Å². The summed E-state index contributed by atoms with van der Waals surface area (Å²) in [6.07, 6.45) is 1.39. The molecule has 2 aromatic heterocycles. The van der Waals surface area contributed by atoms with Gasteiger partial charge in [-0.1, -0.05) is 23.2 Å². The Kier molecular flexibility index (Phi) is 4.69. The maximum atomic E-state index is 11.8. The predicted molar refractivity (Wildman–Crippen MR) is 92.5 cm³/mol. The van der Waals surface area contributed by atoms with Crippen LogP contribution in [0.1, 0.15) is 21.9 Å². The molecule has 2 heterocycles. The maximum Gasteiger partial charge on any atom is 0.291 e. The SMILES string of the molecule is Cc1cc(C(=O)NN=Cc2ccc(-c3ccc(Cl)cc3Cl)o2)n[nH]1. The van der Waals surface area contributed by atoms with E-state index in [0.717, 1.165) is 11.3 Å². The second kappa shape index (κ2) is 6.90. The standard InChI is InChI=1S/C16H12Cl2N4O2/c1-9-6-14(21-20-9)16(23)22-19-8-11-3-5-15(24-11)12-4-2-10(17)7-13(12)18/h2-8H,1H3,(H,20,21)(H,22,23). The van der Waals surface area contributed by atoms with Crippen molar-refractivity contribution in [2.24, 2.45) is 5.10 Å². The van der Waals surface area contributed by atoms with Gasteiger partial charge < -0.3 is 4.42 Å². The second-order valence-electron chi connectivity index (χ2n) is 4.96. The molecule has 0 aliphatic rings. The zero-order valence-electron chi connectivity index (χ0n) is 12.5. The van der Waals surface area contributed by atoms with Crippen LogP contribution in [0.2, 0.25) is 10.0 Å². The summed E-state index contributed by atoms with van der Waals surface area (Å²) in [5.74, 6) is 0.630. The minimum atomic E-state index is -0.414. The average molecular weight is 363 g/mol. The van der Waals surface area contributed by atoms with Crippen molar-refractivity contribution in [2.75, 3.05) is 0 Å². The third-order valence-corrected chi connectivity index (χ3v) is 3.67. The molecule has 0 spiro atoms. The molecule has 0 bridgehead atoms. The number of aromatic nitrogens is 2. The van der Waals surface area contributed by atoms with Crippen molar-refractivity contribution < 1.29 is 9.21 Å². The van der Waals surface area contributed by atoms with Gasteiger partial charge in [0.25, 0.3) is 5.91 Å². The number of nitrogens with one attached hydrogen (secondary N) is 2. The Morgan fingerprint density at radius 3 is 2.83 bits per heavy atom. The summed E-state index contributed by atoms with van der Waals surface area (Å²) in [7, 11) is 0. The summed E-state index contributed by atoms with van der Waals surface area (Å²) >= 11 is 12.0. The number of benzene rings is 1. The van der Waals surface area contributed by atoms with Crippen LogP contribution in [-0.2, 0) is 0 Å². The third kappa shape index (κ3) is 3.67. The first-order chi connectivity index (χ1) is 11.5. The normalized spacial score (nSPS) is 11.1. The Balaban J connectivity index is 1.68. The second-order valence-corrected chi connectivity index (χ2v) is 5.81. The van der Waals surface area contributed by atoms with Crippen molar-refractivity contribution in [1.29, 1.82) is 0 Å². The molecule has 1 amide bonds. The largest absolute Gasteiger partial charge is 0.455 e. The first-order valence-electron chi connectivity index (χ1n) is 6.93. The zero-order valence-corrected chi connectivity index (χ0v) is 14.0. The number of carbonyl (C=O) groups is 1. The molecule has 3 rings (SSSR count). The van der Waals surface area contributed by atoms with Gasteiger partial charge >= 0.3 is 0 Å². The quantitative estimate of drug-likeness (QED) is 0.542. The van der Waals surface area contributed by atoms with E-state index in [4.69, 9.17) is 27.6 Å². The molecule has 0 aliphatic heterocycles. The van der Waals surface area contributed by atoms with Crippen LogP contribution in [0.4, 0.5) is 0 Å². The molecule has 2 N–H and O–H groups in total. The van der Waals surface area contributed by atoms with Crippen LogP contribution in [0.5, 0.6) is 0 Å². The van der Waals surface area contributed by atoms with Crippen LogP contribution >= 0.6 is 23.2 Å². The molecular weight excluding hydrogens is 351 g/mol. The molecule has 122 valence electrons. The van der Waals surface area contributed by atoms with Crippen molar-refractivity contribution in [1.82, 2.24) is 15.6 Å². The average Bonchev–Trinajstić information content (AvgIpc) is 3.16. The van der Waals surface area contributed by atoms with Gasteiger partial charge in [-0.05, 0) is 43.3 Å². The summed E-state index contributed by atoms with van der Waals surface area (Å²) in [5.41, 5.74) is 4.15. The highest BCUT2D eigenvalue weighted by Gasteiger charge is 2.09. The summed E-state index contributed by atoms with van der Waals surface area (Å²) in [6.45, 7) is 1.80. The molecule has 0 saturated heterocycles. The highest BCUT2D eigenvalue weighted by molar-refractivity contribution is 6.36. The van der Waals surface area contributed by atoms with Crippen LogP contribution in [-0.4, -0.2) is 22.3 Å². The molecule has 0 aliphatic carbocycles. The van der Waals surface area contributed by atoms with Gasteiger partial charge in [-0.3, -0.25) is 9.89 Å². The molecule has 0 saturated carbocycles. The van der Waals surface area contributed by atoms with E-state index in [1.165, 1.54) is 6.21 Å². The Labute approximate surface area is 147 Å². The number of nitrogens with zero attached hydrogens (tertiary/aromatic N) is 2. The van der Waals surface area contributed by atoms with Gasteiger partial charge in [0.2, 0.25) is 0 Å². The van der Waals surface area contributed by atoms with Gasteiger partial charge in [0.15, 0.2) is 5.69 Å². The van der Waals surface area contributed by atoms with Crippen LogP contribution < -0.4 is 5.43 Å². The monoisotopic (exact) mass is 362 g/mol. The fraction of sp³-hybridized carbons (Fsp3) is 0.0625. The number of aryl methyl sites for hydroxylation is 1. The number of hydrazone groups is 1. The van der Waals surface area contributed by atoms with Crippen LogP contribution in [0.25, 0.3) is 11.3 Å². The summed E-state index contributed by atoms with van der Waals surface area (Å²) in [4.78, 5) is 11.8. The molecule has 24 heavy (non-hydrogen) atoms. The molecule has 8 heteroatoms. The van der Waals surface area contributed by atoms with Gasteiger partial charge in [-0.2, -0.15) is 10.2 Å². The number of furan rings is 1. The molecule has 3 aromatic rings. The Morgan fingerprint density at radius 2 is 2.12 bits per heavy atom. The molecular formula is C16H12Cl2N4O2. The Morgan fingerprint density at radius 1 is 1.29 bits per heavy atom. The lowest BCUT2D eigenvalue weighted by atomic mass is 10.2. The zero-order chi connectivity index (χ0) is 17.1. The van der Waals surface area contributed by atoms with Gasteiger partial charge in [-0.15, -0.1) is 0 Å². The maximum absolute atomic E-state index is 11.8. The number of amides is 1. The topological polar surface area (TPSA) is 83.3 Å². The summed E-state index contributed by atoms with van der Waals surface area (Å²) in [6, 6.07) is 10.2. The van der Waals surface area contributed by atoms with Gasteiger partial charge in [0.05, 0.1) is 11.2 Å². The van der Waals surface area contributed by atoms with E-state index in [0.29, 0.717) is 21.6 Å². The van der Waals surface area contributed by atoms with E-state index in [1.807, 2.05) is 0 Å². The minimum Gasteiger partial charge on any atom is -0.455 e. The van der Waals surface area contributed by atoms with E-state index >= 15 is 0 Å². The van der Waals surface area contributed by atoms with Crippen molar-refractivity contribution >= 4 is 35.3 Å². The smallest absolute Gasteiger partial charge is 0.291 e. The molecule has 1 aromatic carbocycles. The lowest BCUT2D eigenvalue weighted by Gasteiger charge is -2.00. The van der Waals surface area contributed by atoms with E-state index < -0.39 is 5.91 Å². The number of hydrogen-bond acceptors (Lipinski definition) is 4. The lowest BCUT2D eigenvalue weighted by Crippen LogP contribution is -2.17. The number of aromatic amines is 1. The van der Waals surface area contributed by atoms with E-state index in [2.05, 4.69) is 20.7 Å². The Bertz CT molecular complexity index is 914.